The third kappa shape index (κ3) is 3.47. The molecule has 0 aliphatic carbocycles. The normalized spacial score (nSPS) is 10.9. The van der Waals surface area contributed by atoms with E-state index in [1.165, 1.54) is 24.3 Å². The van der Waals surface area contributed by atoms with E-state index >= 15 is 0 Å². The molecule has 0 aliphatic rings. The Kier molecular flexibility index (Phi) is 3.88. The summed E-state index contributed by atoms with van der Waals surface area (Å²) in [5, 5.41) is 0.436. The Morgan fingerprint density at radius 3 is 2.25 bits per heavy atom. The fourth-order valence-electron chi connectivity index (χ4n) is 0.811. The molecule has 0 amide bonds. The predicted octanol–water partition coefficient (Wildman–Crippen LogP) is 2.15. The van der Waals surface area contributed by atoms with Crippen molar-refractivity contribution in [1.29, 1.82) is 0 Å². The molecular formula is C9H8ClO5P. The number of rotatable bonds is 3. The maximum Gasteiger partial charge on any atom is 0.390 e. The highest BCUT2D eigenvalue weighted by Gasteiger charge is 2.23. The molecule has 0 atom stereocenters. The van der Waals surface area contributed by atoms with Crippen LogP contribution in [-0.2, 0) is 9.30 Å². The van der Waals surface area contributed by atoms with Crippen molar-refractivity contribution in [2.24, 2.45) is 0 Å². The van der Waals surface area contributed by atoms with Gasteiger partial charge in [-0.25, -0.2) is 4.79 Å². The first-order valence-corrected chi connectivity index (χ1v) is 6.02. The van der Waals surface area contributed by atoms with Crippen molar-refractivity contribution in [3.63, 3.8) is 0 Å². The minimum atomic E-state index is -4.60. The number of benzene rings is 1. The molecule has 0 aromatic heterocycles. The van der Waals surface area contributed by atoms with Gasteiger partial charge in [0.2, 0.25) is 5.50 Å². The van der Waals surface area contributed by atoms with Crippen LogP contribution in [0.15, 0.2) is 36.3 Å². The van der Waals surface area contributed by atoms with Crippen LogP contribution in [0.5, 0.6) is 0 Å². The van der Waals surface area contributed by atoms with Crippen LogP contribution in [0, 0.1) is 0 Å². The molecule has 0 spiro atoms. The van der Waals surface area contributed by atoms with Crippen molar-refractivity contribution in [2.45, 2.75) is 0 Å². The topological polar surface area (TPSA) is 83.8 Å². The van der Waals surface area contributed by atoms with Crippen LogP contribution < -0.4 is 0 Å². The van der Waals surface area contributed by atoms with Gasteiger partial charge in [-0.2, -0.15) is 0 Å². The molecule has 1 aromatic carbocycles. The molecular weight excluding hydrogens is 255 g/mol. The summed E-state index contributed by atoms with van der Waals surface area (Å²) in [7, 11) is -4.60. The second-order valence-corrected chi connectivity index (χ2v) is 4.86. The molecule has 1 aromatic rings. The van der Waals surface area contributed by atoms with Gasteiger partial charge in [-0.3, -0.25) is 4.57 Å². The lowest BCUT2D eigenvalue weighted by Crippen LogP contribution is -2.04. The van der Waals surface area contributed by atoms with E-state index in [4.69, 9.17) is 21.4 Å². The lowest BCUT2D eigenvalue weighted by molar-refractivity contribution is 0.0638. The molecule has 0 radical (unpaired) electrons. The Labute approximate surface area is 96.5 Å². The van der Waals surface area contributed by atoms with Crippen LogP contribution in [0.25, 0.3) is 0 Å². The summed E-state index contributed by atoms with van der Waals surface area (Å²) in [6.45, 7) is 2.98. The van der Waals surface area contributed by atoms with E-state index in [1.807, 2.05) is 0 Å². The third-order valence-electron chi connectivity index (χ3n) is 1.62. The summed E-state index contributed by atoms with van der Waals surface area (Å²) in [6.07, 6.45) is 0. The van der Waals surface area contributed by atoms with E-state index in [9.17, 15) is 9.36 Å². The molecule has 0 heterocycles. The number of halogens is 1. The molecule has 0 saturated carbocycles. The highest BCUT2D eigenvalue weighted by Crippen LogP contribution is 2.44. The maximum absolute atomic E-state index is 11.3. The average Bonchev–Trinajstić information content (AvgIpc) is 2.17. The molecule has 0 fully saturated rings. The molecule has 1 rings (SSSR count). The summed E-state index contributed by atoms with van der Waals surface area (Å²) in [6, 6.07) is 5.66. The number of carbonyl (C=O) groups excluding carboxylic acids is 1. The van der Waals surface area contributed by atoms with Gasteiger partial charge in [-0.05, 0) is 30.8 Å². The van der Waals surface area contributed by atoms with E-state index in [-0.39, 0.29) is 5.56 Å². The Morgan fingerprint density at radius 2 is 1.81 bits per heavy atom. The van der Waals surface area contributed by atoms with Crippen molar-refractivity contribution in [3.05, 3.63) is 46.9 Å². The molecule has 86 valence electrons. The Morgan fingerprint density at radius 1 is 1.31 bits per heavy atom. The molecule has 2 N–H and O–H groups in total. The van der Waals surface area contributed by atoms with Gasteiger partial charge < -0.3 is 14.5 Å². The summed E-state index contributed by atoms with van der Waals surface area (Å²) < 4.78 is 15.0. The van der Waals surface area contributed by atoms with Crippen molar-refractivity contribution < 1.29 is 23.9 Å². The van der Waals surface area contributed by atoms with E-state index in [0.29, 0.717) is 5.02 Å². The zero-order chi connectivity index (χ0) is 12.3. The van der Waals surface area contributed by atoms with Gasteiger partial charge in [0.15, 0.2) is 0 Å². The van der Waals surface area contributed by atoms with Gasteiger partial charge >= 0.3 is 13.6 Å². The summed E-state index contributed by atoms with van der Waals surface area (Å²) in [4.78, 5) is 28.6. The number of ether oxygens (including phenoxy) is 1. The first kappa shape index (κ1) is 12.9. The van der Waals surface area contributed by atoms with Gasteiger partial charge in [-0.15, -0.1) is 0 Å². The second kappa shape index (κ2) is 4.80. The molecule has 0 saturated heterocycles. The van der Waals surface area contributed by atoms with Crippen LogP contribution in [0.4, 0.5) is 0 Å². The lowest BCUT2D eigenvalue weighted by Gasteiger charge is -2.08. The standard InChI is InChI=1S/C9H8ClO5P/c1-6(16(12,13)14)15-9(11)7-2-4-8(10)5-3-7/h2-5H,1H2,(H2,12,13,14). The molecule has 0 bridgehead atoms. The largest absolute Gasteiger partial charge is 0.415 e. The molecule has 16 heavy (non-hydrogen) atoms. The number of hydrogen-bond acceptors (Lipinski definition) is 3. The Bertz CT molecular complexity index is 461. The molecule has 0 aliphatic heterocycles. The van der Waals surface area contributed by atoms with Gasteiger partial charge in [0.25, 0.3) is 0 Å². The number of esters is 1. The first-order chi connectivity index (χ1) is 7.30. The van der Waals surface area contributed by atoms with Crippen LogP contribution in [0.3, 0.4) is 0 Å². The van der Waals surface area contributed by atoms with E-state index < -0.39 is 19.1 Å². The number of hydrogen-bond donors (Lipinski definition) is 2. The van der Waals surface area contributed by atoms with Gasteiger partial charge in [0, 0.05) is 5.02 Å². The van der Waals surface area contributed by atoms with Crippen molar-refractivity contribution in [1.82, 2.24) is 0 Å². The summed E-state index contributed by atoms with van der Waals surface area (Å²) >= 11 is 5.60. The predicted molar refractivity (Wildman–Crippen MR) is 58.1 cm³/mol. The fraction of sp³-hybridized carbons (Fsp3) is 0. The molecule has 7 heteroatoms. The minimum absolute atomic E-state index is 0.124. The van der Waals surface area contributed by atoms with Gasteiger partial charge in [0.05, 0.1) is 5.56 Å². The van der Waals surface area contributed by atoms with Crippen molar-refractivity contribution in [3.8, 4) is 0 Å². The van der Waals surface area contributed by atoms with Crippen LogP contribution in [0.1, 0.15) is 10.4 Å². The fourth-order valence-corrected chi connectivity index (χ4v) is 1.14. The zero-order valence-corrected chi connectivity index (χ0v) is 9.61. The zero-order valence-electron chi connectivity index (χ0n) is 7.96. The Balaban J connectivity index is 2.78. The van der Waals surface area contributed by atoms with Crippen molar-refractivity contribution >= 4 is 25.2 Å². The van der Waals surface area contributed by atoms with E-state index in [2.05, 4.69) is 11.3 Å². The first-order valence-electron chi connectivity index (χ1n) is 4.03. The monoisotopic (exact) mass is 262 g/mol. The van der Waals surface area contributed by atoms with Gasteiger partial charge in [0.1, 0.15) is 0 Å². The lowest BCUT2D eigenvalue weighted by atomic mass is 10.2. The van der Waals surface area contributed by atoms with Gasteiger partial charge in [-0.1, -0.05) is 11.6 Å². The van der Waals surface area contributed by atoms with Crippen molar-refractivity contribution in [2.75, 3.05) is 0 Å². The summed E-state index contributed by atoms with van der Waals surface area (Å²) in [5.74, 6) is -0.898. The highest BCUT2D eigenvalue weighted by atomic mass is 35.5. The maximum atomic E-state index is 11.3. The summed E-state index contributed by atoms with van der Waals surface area (Å²) in [5.41, 5.74) is -0.758. The molecule has 0 unspecified atom stereocenters. The van der Waals surface area contributed by atoms with Crippen LogP contribution in [-0.4, -0.2) is 15.8 Å². The van der Waals surface area contributed by atoms with E-state index in [1.54, 1.807) is 0 Å². The number of carbonyl (C=O) groups is 1. The molecule has 5 nitrogen and oxygen atoms in total. The average molecular weight is 263 g/mol. The SMILES string of the molecule is C=C(OC(=O)c1ccc(Cl)cc1)P(=O)(O)O. The van der Waals surface area contributed by atoms with Crippen LogP contribution in [0.2, 0.25) is 5.02 Å². The smallest absolute Gasteiger partial charge is 0.390 e. The quantitative estimate of drug-likeness (QED) is 0.495. The second-order valence-electron chi connectivity index (χ2n) is 2.83. The Hall–Kier alpha value is -1.13. The van der Waals surface area contributed by atoms with E-state index in [0.717, 1.165) is 0 Å². The highest BCUT2D eigenvalue weighted by molar-refractivity contribution is 7.56. The third-order valence-corrected chi connectivity index (χ3v) is 2.61. The van der Waals surface area contributed by atoms with Crippen LogP contribution >= 0.6 is 19.2 Å². The minimum Gasteiger partial charge on any atom is -0.415 e.